The molecule has 152 valence electrons. The van der Waals surface area contributed by atoms with Gasteiger partial charge in [-0.1, -0.05) is 35.3 Å². The molecule has 0 amide bonds. The summed E-state index contributed by atoms with van der Waals surface area (Å²) in [5.41, 5.74) is 1.08. The van der Waals surface area contributed by atoms with Gasteiger partial charge in [0.2, 0.25) is 5.89 Å². The third-order valence-corrected chi connectivity index (χ3v) is 5.96. The van der Waals surface area contributed by atoms with E-state index in [1.54, 1.807) is 0 Å². The highest BCUT2D eigenvalue weighted by Crippen LogP contribution is 2.43. The predicted octanol–water partition coefficient (Wildman–Crippen LogP) is 3.42. The highest BCUT2D eigenvalue weighted by atomic mass is 35.5. The van der Waals surface area contributed by atoms with E-state index in [0.29, 0.717) is 10.9 Å². The van der Waals surface area contributed by atoms with Crippen molar-refractivity contribution in [2.75, 3.05) is 0 Å². The summed E-state index contributed by atoms with van der Waals surface area (Å²) >= 11 is 12.1. The van der Waals surface area contributed by atoms with Gasteiger partial charge in [0.25, 0.3) is 5.56 Å². The smallest absolute Gasteiger partial charge is 0.390 e. The van der Waals surface area contributed by atoms with E-state index >= 15 is 0 Å². The molecule has 1 fully saturated rings. The van der Waals surface area contributed by atoms with Gasteiger partial charge in [-0.15, -0.1) is 5.10 Å². The van der Waals surface area contributed by atoms with Gasteiger partial charge in [-0.05, 0) is 42.5 Å². The standard InChI is InChI=1S/C20H15Cl2N5O3/c21-13-3-1-11(2-4-13)12-7-14(8-12)27-20(29)30-16(25-27)9-26-10-24-18-17(19(26)28)15(22)5-6-23-18/h1-6,10,12,14H,7-9H2/t12-,14-. The molecule has 5 rings (SSSR count). The Hall–Kier alpha value is -2.97. The van der Waals surface area contributed by atoms with E-state index in [2.05, 4.69) is 15.1 Å². The summed E-state index contributed by atoms with van der Waals surface area (Å²) in [6.07, 6.45) is 4.39. The molecule has 10 heteroatoms. The average molecular weight is 444 g/mol. The van der Waals surface area contributed by atoms with Crippen LogP contribution in [0.1, 0.15) is 36.3 Å². The second-order valence-electron chi connectivity index (χ2n) is 7.25. The zero-order chi connectivity index (χ0) is 20.8. The molecular formula is C20H15Cl2N5O3. The Kier molecular flexibility index (Phi) is 4.67. The molecule has 0 atom stereocenters. The highest BCUT2D eigenvalue weighted by molar-refractivity contribution is 6.35. The minimum atomic E-state index is -0.536. The second kappa shape index (κ2) is 7.37. The average Bonchev–Trinajstić information content (AvgIpc) is 3.04. The number of benzene rings is 1. The SMILES string of the molecule is O=c1c2c(Cl)ccnc2ncn1Cc1nn([C@H]2C[C@H](c3ccc(Cl)cc3)C2)c(=O)o1. The first-order valence-electron chi connectivity index (χ1n) is 9.33. The van der Waals surface area contributed by atoms with Crippen LogP contribution in [0.4, 0.5) is 0 Å². The van der Waals surface area contributed by atoms with Gasteiger partial charge in [0.05, 0.1) is 11.1 Å². The zero-order valence-electron chi connectivity index (χ0n) is 15.5. The Balaban J connectivity index is 1.36. The fourth-order valence-electron chi connectivity index (χ4n) is 3.72. The summed E-state index contributed by atoms with van der Waals surface area (Å²) in [5.74, 6) is -0.0504. The fraction of sp³-hybridized carbons (Fsp3) is 0.250. The monoisotopic (exact) mass is 443 g/mol. The fourth-order valence-corrected chi connectivity index (χ4v) is 4.07. The lowest BCUT2D eigenvalue weighted by atomic mass is 9.76. The molecular weight excluding hydrogens is 429 g/mol. The Morgan fingerprint density at radius 1 is 1.07 bits per heavy atom. The third kappa shape index (κ3) is 3.32. The molecule has 0 radical (unpaired) electrons. The number of rotatable bonds is 4. The van der Waals surface area contributed by atoms with Gasteiger partial charge in [0.1, 0.15) is 18.3 Å². The largest absolute Gasteiger partial charge is 0.437 e. The summed E-state index contributed by atoms with van der Waals surface area (Å²) in [7, 11) is 0. The Morgan fingerprint density at radius 2 is 1.83 bits per heavy atom. The van der Waals surface area contributed by atoms with Gasteiger partial charge in [-0.25, -0.2) is 14.8 Å². The minimum Gasteiger partial charge on any atom is -0.390 e. The number of aromatic nitrogens is 5. The van der Waals surface area contributed by atoms with Gasteiger partial charge >= 0.3 is 5.76 Å². The lowest BCUT2D eigenvalue weighted by Crippen LogP contribution is -2.31. The maximum Gasteiger partial charge on any atom is 0.437 e. The number of hydrogen-bond donors (Lipinski definition) is 0. The maximum absolute atomic E-state index is 12.7. The van der Waals surface area contributed by atoms with E-state index in [-0.39, 0.29) is 40.1 Å². The summed E-state index contributed by atoms with van der Waals surface area (Å²) in [6.45, 7) is -0.0252. The number of nitrogens with zero attached hydrogens (tertiary/aromatic N) is 5. The van der Waals surface area contributed by atoms with E-state index in [4.69, 9.17) is 27.6 Å². The minimum absolute atomic E-state index is 0.0252. The molecule has 1 saturated carbocycles. The van der Waals surface area contributed by atoms with E-state index in [9.17, 15) is 9.59 Å². The van der Waals surface area contributed by atoms with Crippen molar-refractivity contribution >= 4 is 34.2 Å². The van der Waals surface area contributed by atoms with Crippen molar-refractivity contribution in [1.82, 2.24) is 24.3 Å². The van der Waals surface area contributed by atoms with E-state index in [1.165, 1.54) is 33.4 Å². The Morgan fingerprint density at radius 3 is 2.60 bits per heavy atom. The van der Waals surface area contributed by atoms with Crippen molar-refractivity contribution in [2.45, 2.75) is 31.3 Å². The molecule has 0 saturated heterocycles. The van der Waals surface area contributed by atoms with Crippen molar-refractivity contribution in [1.29, 1.82) is 0 Å². The van der Waals surface area contributed by atoms with Crippen LogP contribution in [0.25, 0.3) is 11.0 Å². The molecule has 0 aliphatic heterocycles. The molecule has 0 N–H and O–H groups in total. The Bertz CT molecular complexity index is 1350. The zero-order valence-corrected chi connectivity index (χ0v) is 17.0. The van der Waals surface area contributed by atoms with Crippen molar-refractivity contribution < 1.29 is 4.42 Å². The summed E-state index contributed by atoms with van der Waals surface area (Å²) in [6, 6.07) is 9.21. The van der Waals surface area contributed by atoms with Gasteiger partial charge in [-0.3, -0.25) is 9.36 Å². The molecule has 0 unspecified atom stereocenters. The normalized spacial score (nSPS) is 18.5. The molecule has 3 aromatic heterocycles. The lowest BCUT2D eigenvalue weighted by Gasteiger charge is -2.34. The number of pyridine rings is 1. The van der Waals surface area contributed by atoms with Crippen LogP contribution in [0.2, 0.25) is 10.0 Å². The first-order valence-corrected chi connectivity index (χ1v) is 10.1. The molecule has 0 spiro atoms. The molecule has 1 aliphatic rings. The van der Waals surface area contributed by atoms with Crippen molar-refractivity contribution in [3.8, 4) is 0 Å². The van der Waals surface area contributed by atoms with Gasteiger partial charge < -0.3 is 4.42 Å². The molecule has 1 aromatic carbocycles. The van der Waals surface area contributed by atoms with Crippen LogP contribution in [0.15, 0.2) is 56.9 Å². The van der Waals surface area contributed by atoms with Crippen molar-refractivity contribution in [3.63, 3.8) is 0 Å². The van der Waals surface area contributed by atoms with Crippen molar-refractivity contribution in [2.24, 2.45) is 0 Å². The maximum atomic E-state index is 12.7. The number of hydrogen-bond acceptors (Lipinski definition) is 6. The lowest BCUT2D eigenvalue weighted by molar-refractivity contribution is 0.233. The van der Waals surface area contributed by atoms with E-state index < -0.39 is 5.76 Å². The first-order chi connectivity index (χ1) is 14.5. The van der Waals surface area contributed by atoms with Gasteiger partial charge in [0, 0.05) is 11.2 Å². The molecule has 1 aliphatic carbocycles. The van der Waals surface area contributed by atoms with Gasteiger partial charge in [0.15, 0.2) is 5.65 Å². The molecule has 30 heavy (non-hydrogen) atoms. The van der Waals surface area contributed by atoms with E-state index in [1.807, 2.05) is 24.3 Å². The van der Waals surface area contributed by atoms with Gasteiger partial charge in [-0.2, -0.15) is 4.68 Å². The van der Waals surface area contributed by atoms with Crippen LogP contribution >= 0.6 is 23.2 Å². The number of fused-ring (bicyclic) bond motifs is 1. The quantitative estimate of drug-likeness (QED) is 0.479. The van der Waals surface area contributed by atoms with Crippen LogP contribution in [0.3, 0.4) is 0 Å². The molecule has 0 bridgehead atoms. The van der Waals surface area contributed by atoms with Crippen LogP contribution < -0.4 is 11.3 Å². The summed E-state index contributed by atoms with van der Waals surface area (Å²) in [4.78, 5) is 33.2. The van der Waals surface area contributed by atoms with Crippen LogP contribution in [0, 0.1) is 0 Å². The highest BCUT2D eigenvalue weighted by Gasteiger charge is 2.34. The molecule has 4 aromatic rings. The first kappa shape index (κ1) is 19.0. The second-order valence-corrected chi connectivity index (χ2v) is 8.09. The summed E-state index contributed by atoms with van der Waals surface area (Å²) < 4.78 is 7.92. The summed E-state index contributed by atoms with van der Waals surface area (Å²) in [5, 5.41) is 5.47. The van der Waals surface area contributed by atoms with Crippen LogP contribution in [0.5, 0.6) is 0 Å². The molecule has 8 nitrogen and oxygen atoms in total. The van der Waals surface area contributed by atoms with E-state index in [0.717, 1.165) is 12.8 Å². The topological polar surface area (TPSA) is 95.8 Å². The number of halogens is 2. The predicted molar refractivity (Wildman–Crippen MR) is 111 cm³/mol. The van der Waals surface area contributed by atoms with Crippen LogP contribution in [-0.2, 0) is 6.54 Å². The van der Waals surface area contributed by atoms with Crippen LogP contribution in [-0.4, -0.2) is 24.3 Å². The molecule has 3 heterocycles. The third-order valence-electron chi connectivity index (χ3n) is 5.39. The Labute approximate surface area is 179 Å². The van der Waals surface area contributed by atoms with Crippen molar-refractivity contribution in [3.05, 3.63) is 85.3 Å².